The number of carboxylic acid groups (broad SMARTS) is 1. The predicted octanol–water partition coefficient (Wildman–Crippen LogP) is 2.57. The number of carbonyl (C=O) groups is 1. The molecule has 2 saturated carbocycles. The van der Waals surface area contributed by atoms with Gasteiger partial charge in [-0.05, 0) is 61.6 Å². The molecule has 5 heteroatoms. The molecule has 1 heterocycles. The first-order chi connectivity index (χ1) is 9.72. The van der Waals surface area contributed by atoms with Crippen LogP contribution in [0.25, 0.3) is 11.0 Å². The minimum atomic E-state index is -0.921. The van der Waals surface area contributed by atoms with Crippen LogP contribution in [0.2, 0.25) is 0 Å². The normalized spacial score (nSPS) is 18.9. The molecule has 2 aliphatic rings. The van der Waals surface area contributed by atoms with Crippen LogP contribution in [0.3, 0.4) is 0 Å². The molecule has 1 aromatic heterocycles. The highest BCUT2D eigenvalue weighted by Crippen LogP contribution is 2.49. The van der Waals surface area contributed by atoms with E-state index in [4.69, 9.17) is 5.11 Å². The van der Waals surface area contributed by atoms with Gasteiger partial charge in [0, 0.05) is 6.54 Å². The summed E-state index contributed by atoms with van der Waals surface area (Å²) in [6.45, 7) is 0.929. The number of hydrogen-bond donors (Lipinski definition) is 1. The summed E-state index contributed by atoms with van der Waals surface area (Å²) in [5.41, 5.74) is 1.89. The molecule has 1 N–H and O–H groups in total. The molecular weight excluding hydrogens is 254 g/mol. The van der Waals surface area contributed by atoms with E-state index >= 15 is 0 Å². The average Bonchev–Trinajstić information content (AvgIpc) is 3.34. The van der Waals surface area contributed by atoms with E-state index in [2.05, 4.69) is 10.3 Å². The topological polar surface area (TPSA) is 68.0 Å². The van der Waals surface area contributed by atoms with E-state index in [9.17, 15) is 4.79 Å². The summed E-state index contributed by atoms with van der Waals surface area (Å²) in [5, 5.41) is 17.4. The first-order valence-electron chi connectivity index (χ1n) is 7.29. The van der Waals surface area contributed by atoms with E-state index < -0.39 is 5.97 Å². The Morgan fingerprint density at radius 1 is 1.30 bits per heavy atom. The SMILES string of the molecule is O=C(O)c1ccc2c(c1)nnn2CC(C1CC1)C1CC1. The van der Waals surface area contributed by atoms with Crippen molar-refractivity contribution in [2.75, 3.05) is 0 Å². The number of rotatable bonds is 5. The van der Waals surface area contributed by atoms with Gasteiger partial charge in [-0.1, -0.05) is 5.21 Å². The Hall–Kier alpha value is -1.91. The standard InChI is InChI=1S/C15H17N3O2/c19-15(20)11-5-6-14-13(7-11)16-17-18(14)8-12(9-1-2-9)10-3-4-10/h5-7,9-10,12H,1-4,8H2,(H,19,20). The summed E-state index contributed by atoms with van der Waals surface area (Å²) >= 11 is 0. The van der Waals surface area contributed by atoms with Crippen molar-refractivity contribution >= 4 is 17.0 Å². The molecule has 104 valence electrons. The minimum Gasteiger partial charge on any atom is -0.478 e. The Balaban J connectivity index is 1.64. The molecular formula is C15H17N3O2. The Labute approximate surface area is 116 Å². The average molecular weight is 271 g/mol. The fraction of sp³-hybridized carbons (Fsp3) is 0.533. The molecule has 2 fully saturated rings. The highest BCUT2D eigenvalue weighted by Gasteiger charge is 2.41. The van der Waals surface area contributed by atoms with E-state index in [0.717, 1.165) is 29.8 Å². The van der Waals surface area contributed by atoms with Gasteiger partial charge in [-0.3, -0.25) is 0 Å². The number of fused-ring (bicyclic) bond motifs is 1. The van der Waals surface area contributed by atoms with Crippen molar-refractivity contribution in [1.29, 1.82) is 0 Å². The van der Waals surface area contributed by atoms with Crippen LogP contribution in [0, 0.1) is 17.8 Å². The van der Waals surface area contributed by atoms with Gasteiger partial charge in [0.15, 0.2) is 0 Å². The molecule has 2 aliphatic carbocycles. The maximum Gasteiger partial charge on any atom is 0.335 e. The van der Waals surface area contributed by atoms with Gasteiger partial charge in [0.2, 0.25) is 0 Å². The summed E-state index contributed by atoms with van der Waals surface area (Å²) in [4.78, 5) is 11.0. The van der Waals surface area contributed by atoms with Crippen molar-refractivity contribution in [2.45, 2.75) is 32.2 Å². The van der Waals surface area contributed by atoms with E-state index in [1.54, 1.807) is 12.1 Å². The van der Waals surface area contributed by atoms with Gasteiger partial charge in [-0.15, -0.1) is 5.10 Å². The van der Waals surface area contributed by atoms with Gasteiger partial charge >= 0.3 is 5.97 Å². The van der Waals surface area contributed by atoms with Crippen LogP contribution in [0.1, 0.15) is 36.0 Å². The summed E-state index contributed by atoms with van der Waals surface area (Å²) in [6.07, 6.45) is 5.43. The molecule has 4 rings (SSSR count). The first kappa shape index (κ1) is 11.9. The smallest absolute Gasteiger partial charge is 0.335 e. The number of nitrogens with zero attached hydrogens (tertiary/aromatic N) is 3. The summed E-state index contributed by atoms with van der Waals surface area (Å²) in [5.74, 6) is 1.56. The number of hydrogen-bond acceptors (Lipinski definition) is 3. The van der Waals surface area contributed by atoms with Crippen LogP contribution in [0.5, 0.6) is 0 Å². The molecule has 0 spiro atoms. The first-order valence-corrected chi connectivity index (χ1v) is 7.29. The number of benzene rings is 1. The molecule has 2 aromatic rings. The van der Waals surface area contributed by atoms with Crippen molar-refractivity contribution in [1.82, 2.24) is 15.0 Å². The van der Waals surface area contributed by atoms with Gasteiger partial charge < -0.3 is 5.11 Å². The highest BCUT2D eigenvalue weighted by molar-refractivity contribution is 5.92. The van der Waals surface area contributed by atoms with Crippen LogP contribution in [0.15, 0.2) is 18.2 Å². The molecule has 1 aromatic carbocycles. The largest absolute Gasteiger partial charge is 0.478 e. The van der Waals surface area contributed by atoms with Crippen molar-refractivity contribution < 1.29 is 9.90 Å². The third-order valence-electron chi connectivity index (χ3n) is 4.60. The van der Waals surface area contributed by atoms with E-state index in [1.807, 2.05) is 10.7 Å². The maximum absolute atomic E-state index is 11.0. The Kier molecular flexibility index (Phi) is 2.55. The van der Waals surface area contributed by atoms with E-state index in [1.165, 1.54) is 25.7 Å². The number of aromatic carboxylic acids is 1. The molecule has 0 bridgehead atoms. The molecule has 0 unspecified atom stereocenters. The second kappa shape index (κ2) is 4.30. The van der Waals surface area contributed by atoms with Crippen molar-refractivity contribution in [2.24, 2.45) is 17.8 Å². The minimum absolute atomic E-state index is 0.269. The zero-order chi connectivity index (χ0) is 13.7. The lowest BCUT2D eigenvalue weighted by atomic mass is 9.98. The zero-order valence-electron chi connectivity index (χ0n) is 11.2. The molecule has 0 amide bonds. The van der Waals surface area contributed by atoms with Crippen LogP contribution >= 0.6 is 0 Å². The lowest BCUT2D eigenvalue weighted by molar-refractivity contribution is 0.0697. The molecule has 0 saturated heterocycles. The van der Waals surface area contributed by atoms with Gasteiger partial charge in [-0.25, -0.2) is 9.48 Å². The van der Waals surface area contributed by atoms with Gasteiger partial charge in [0.05, 0.1) is 11.1 Å². The fourth-order valence-corrected chi connectivity index (χ4v) is 3.17. The highest BCUT2D eigenvalue weighted by atomic mass is 16.4. The lowest BCUT2D eigenvalue weighted by Crippen LogP contribution is -2.16. The molecule has 0 aliphatic heterocycles. The third kappa shape index (κ3) is 2.07. The number of aromatic nitrogens is 3. The van der Waals surface area contributed by atoms with E-state index in [0.29, 0.717) is 5.52 Å². The molecule has 5 nitrogen and oxygen atoms in total. The second-order valence-corrected chi connectivity index (χ2v) is 6.12. The monoisotopic (exact) mass is 271 g/mol. The third-order valence-corrected chi connectivity index (χ3v) is 4.60. The Morgan fingerprint density at radius 2 is 2.00 bits per heavy atom. The van der Waals surface area contributed by atoms with Gasteiger partial charge in [0.25, 0.3) is 0 Å². The van der Waals surface area contributed by atoms with Crippen LogP contribution in [-0.2, 0) is 6.54 Å². The molecule has 0 radical (unpaired) electrons. The molecule has 20 heavy (non-hydrogen) atoms. The fourth-order valence-electron chi connectivity index (χ4n) is 3.17. The summed E-state index contributed by atoms with van der Waals surface area (Å²) in [7, 11) is 0. The quantitative estimate of drug-likeness (QED) is 0.907. The van der Waals surface area contributed by atoms with Gasteiger partial charge in [-0.2, -0.15) is 0 Å². The summed E-state index contributed by atoms with van der Waals surface area (Å²) < 4.78 is 1.96. The lowest BCUT2D eigenvalue weighted by Gasteiger charge is -2.15. The Bertz CT molecular complexity index is 659. The van der Waals surface area contributed by atoms with Gasteiger partial charge in [0.1, 0.15) is 5.52 Å². The van der Waals surface area contributed by atoms with Crippen LogP contribution in [-0.4, -0.2) is 26.1 Å². The summed E-state index contributed by atoms with van der Waals surface area (Å²) in [6, 6.07) is 5.06. The Morgan fingerprint density at radius 3 is 2.60 bits per heavy atom. The van der Waals surface area contributed by atoms with Crippen LogP contribution < -0.4 is 0 Å². The number of carboxylic acids is 1. The maximum atomic E-state index is 11.0. The second-order valence-electron chi connectivity index (χ2n) is 6.12. The van der Waals surface area contributed by atoms with Crippen molar-refractivity contribution in [3.8, 4) is 0 Å². The van der Waals surface area contributed by atoms with Crippen LogP contribution in [0.4, 0.5) is 0 Å². The molecule has 0 atom stereocenters. The zero-order valence-corrected chi connectivity index (χ0v) is 11.2. The van der Waals surface area contributed by atoms with E-state index in [-0.39, 0.29) is 5.56 Å². The predicted molar refractivity (Wildman–Crippen MR) is 73.4 cm³/mol. The van der Waals surface area contributed by atoms with Crippen molar-refractivity contribution in [3.63, 3.8) is 0 Å². The van der Waals surface area contributed by atoms with Crippen molar-refractivity contribution in [3.05, 3.63) is 23.8 Å².